The van der Waals surface area contributed by atoms with E-state index in [9.17, 15) is 21.6 Å². The molecule has 0 radical (unpaired) electrons. The molecule has 0 fully saturated rings. The molecule has 21 heavy (non-hydrogen) atoms. The van der Waals surface area contributed by atoms with Crippen LogP contribution in [0.15, 0.2) is 18.2 Å². The lowest BCUT2D eigenvalue weighted by Gasteiger charge is -2.21. The molecule has 0 aliphatic rings. The van der Waals surface area contributed by atoms with Crippen LogP contribution >= 0.6 is 0 Å². The lowest BCUT2D eigenvalue weighted by molar-refractivity contribution is -0.106. The molecule has 0 bridgehead atoms. The van der Waals surface area contributed by atoms with Gasteiger partial charge in [0.15, 0.2) is 5.75 Å². The third-order valence-electron chi connectivity index (χ3n) is 2.68. The Labute approximate surface area is 122 Å². The Morgan fingerprint density at radius 3 is 2.19 bits per heavy atom. The van der Waals surface area contributed by atoms with Crippen molar-refractivity contribution < 1.29 is 26.3 Å². The molecule has 1 aromatic carbocycles. The molecular weight excluding hydrogens is 307 g/mol. The minimum Gasteiger partial charge on any atom is -0.495 e. The summed E-state index contributed by atoms with van der Waals surface area (Å²) >= 11 is 0. The van der Waals surface area contributed by atoms with Crippen molar-refractivity contribution in [2.45, 2.75) is 32.4 Å². The Morgan fingerprint density at radius 2 is 1.76 bits per heavy atom. The summed E-state index contributed by atoms with van der Waals surface area (Å²) in [6, 6.07) is 4.74. The first-order valence-electron chi connectivity index (χ1n) is 6.10. The summed E-state index contributed by atoms with van der Waals surface area (Å²) in [5.41, 5.74) is 0.485. The number of halogens is 3. The minimum absolute atomic E-state index is 0.00539. The van der Waals surface area contributed by atoms with Crippen LogP contribution in [0, 0.1) is 0 Å². The van der Waals surface area contributed by atoms with Gasteiger partial charge in [0, 0.05) is 0 Å². The maximum Gasteiger partial charge on any atom is 0.404 e. The zero-order valence-electron chi connectivity index (χ0n) is 12.2. The molecule has 0 aliphatic carbocycles. The summed E-state index contributed by atoms with van der Waals surface area (Å²) in [5.74, 6) is -1.78. The fourth-order valence-corrected chi connectivity index (χ4v) is 2.67. The molecule has 4 nitrogen and oxygen atoms in total. The summed E-state index contributed by atoms with van der Waals surface area (Å²) in [6.45, 7) is 5.72. The normalized spacial score (nSPS) is 13.1. The van der Waals surface area contributed by atoms with E-state index >= 15 is 0 Å². The van der Waals surface area contributed by atoms with E-state index in [1.165, 1.54) is 19.2 Å². The van der Waals surface area contributed by atoms with Crippen molar-refractivity contribution in [1.29, 1.82) is 0 Å². The first kappa shape index (κ1) is 17.6. The highest BCUT2D eigenvalue weighted by molar-refractivity contribution is 7.92. The number of hydrogen-bond acceptors (Lipinski definition) is 3. The van der Waals surface area contributed by atoms with E-state index < -0.39 is 22.0 Å². The highest BCUT2D eigenvalue weighted by atomic mass is 32.2. The largest absolute Gasteiger partial charge is 0.495 e. The number of anilines is 1. The van der Waals surface area contributed by atoms with Crippen LogP contribution in [0.1, 0.15) is 26.3 Å². The third-order valence-corrected chi connectivity index (χ3v) is 3.92. The molecule has 120 valence electrons. The van der Waals surface area contributed by atoms with Gasteiger partial charge in [0.2, 0.25) is 10.0 Å². The highest BCUT2D eigenvalue weighted by Crippen LogP contribution is 2.32. The number of benzene rings is 1. The van der Waals surface area contributed by atoms with Crippen molar-refractivity contribution in [3.8, 4) is 5.75 Å². The van der Waals surface area contributed by atoms with Crippen LogP contribution in [0.4, 0.5) is 18.9 Å². The number of methoxy groups -OCH3 is 1. The first-order valence-corrected chi connectivity index (χ1v) is 7.75. The average Bonchev–Trinajstić information content (AvgIpc) is 2.23. The van der Waals surface area contributed by atoms with Crippen molar-refractivity contribution in [2.24, 2.45) is 0 Å². The van der Waals surface area contributed by atoms with E-state index in [4.69, 9.17) is 4.74 Å². The Hall–Kier alpha value is -1.44. The SMILES string of the molecule is COc1ccc(C(C)(C)C)cc1NS(=O)(=O)CC(F)(F)F. The van der Waals surface area contributed by atoms with E-state index in [0.29, 0.717) is 0 Å². The molecule has 0 amide bonds. The first-order chi connectivity index (χ1) is 9.34. The zero-order chi connectivity index (χ0) is 16.5. The molecule has 8 heteroatoms. The predicted octanol–water partition coefficient (Wildman–Crippen LogP) is 3.30. The lowest BCUT2D eigenvalue weighted by Crippen LogP contribution is -2.28. The van der Waals surface area contributed by atoms with Gasteiger partial charge in [-0.1, -0.05) is 26.8 Å². The maximum atomic E-state index is 12.3. The Morgan fingerprint density at radius 1 is 1.19 bits per heavy atom. The number of nitrogens with one attached hydrogen (secondary N) is 1. The third kappa shape index (κ3) is 5.45. The number of rotatable bonds is 4. The Bertz CT molecular complexity index is 604. The second-order valence-electron chi connectivity index (χ2n) is 5.64. The summed E-state index contributed by atoms with van der Waals surface area (Å²) < 4.78 is 66.8. The van der Waals surface area contributed by atoms with Gasteiger partial charge in [-0.2, -0.15) is 13.2 Å². The zero-order valence-corrected chi connectivity index (χ0v) is 13.0. The van der Waals surface area contributed by atoms with Gasteiger partial charge in [-0.25, -0.2) is 8.42 Å². The van der Waals surface area contributed by atoms with Crippen molar-refractivity contribution in [2.75, 3.05) is 17.6 Å². The van der Waals surface area contributed by atoms with Crippen LogP contribution in [0.2, 0.25) is 0 Å². The van der Waals surface area contributed by atoms with Gasteiger partial charge in [0.05, 0.1) is 12.8 Å². The molecule has 0 aromatic heterocycles. The van der Waals surface area contributed by atoms with Crippen molar-refractivity contribution in [3.05, 3.63) is 23.8 Å². The second-order valence-corrected chi connectivity index (χ2v) is 7.36. The molecule has 0 spiro atoms. The fraction of sp³-hybridized carbons (Fsp3) is 0.538. The van der Waals surface area contributed by atoms with E-state index in [1.54, 1.807) is 6.07 Å². The monoisotopic (exact) mass is 325 g/mol. The van der Waals surface area contributed by atoms with Crippen molar-refractivity contribution >= 4 is 15.7 Å². The van der Waals surface area contributed by atoms with Crippen LogP contribution in [-0.2, 0) is 15.4 Å². The molecule has 1 aromatic rings. The molecule has 0 saturated carbocycles. The van der Waals surface area contributed by atoms with Crippen LogP contribution in [0.3, 0.4) is 0 Å². The summed E-state index contributed by atoms with van der Waals surface area (Å²) in [4.78, 5) is 0. The summed E-state index contributed by atoms with van der Waals surface area (Å²) in [6.07, 6.45) is -4.80. The van der Waals surface area contributed by atoms with Gasteiger partial charge < -0.3 is 4.74 Å². The molecule has 0 heterocycles. The smallest absolute Gasteiger partial charge is 0.404 e. The molecule has 0 saturated heterocycles. The van der Waals surface area contributed by atoms with Gasteiger partial charge in [-0.3, -0.25) is 4.72 Å². The predicted molar refractivity (Wildman–Crippen MR) is 75.2 cm³/mol. The number of hydrogen-bond donors (Lipinski definition) is 1. The van der Waals surface area contributed by atoms with Crippen molar-refractivity contribution in [3.63, 3.8) is 0 Å². The fourth-order valence-electron chi connectivity index (χ4n) is 1.67. The summed E-state index contributed by atoms with van der Waals surface area (Å²) in [7, 11) is -3.23. The van der Waals surface area contributed by atoms with Gasteiger partial charge in [-0.15, -0.1) is 0 Å². The minimum atomic E-state index is -4.80. The van der Waals surface area contributed by atoms with Crippen molar-refractivity contribution in [1.82, 2.24) is 0 Å². The van der Waals surface area contributed by atoms with Gasteiger partial charge in [-0.05, 0) is 23.1 Å². The molecular formula is C13H18F3NO3S. The van der Waals surface area contributed by atoms with Crippen LogP contribution in [0.5, 0.6) is 5.75 Å². The standard InChI is InChI=1S/C13H18F3NO3S/c1-12(2,3)9-5-6-11(20-4)10(7-9)17-21(18,19)8-13(14,15)16/h5-7,17H,8H2,1-4H3. The lowest BCUT2D eigenvalue weighted by atomic mass is 9.87. The van der Waals surface area contributed by atoms with E-state index in [0.717, 1.165) is 5.56 Å². The Balaban J connectivity index is 3.17. The van der Waals surface area contributed by atoms with Gasteiger partial charge in [0.25, 0.3) is 0 Å². The van der Waals surface area contributed by atoms with Gasteiger partial charge in [0.1, 0.15) is 5.75 Å². The molecule has 0 atom stereocenters. The average molecular weight is 325 g/mol. The molecule has 0 aliphatic heterocycles. The number of ether oxygens (including phenoxy) is 1. The maximum absolute atomic E-state index is 12.3. The highest BCUT2D eigenvalue weighted by Gasteiger charge is 2.35. The number of sulfonamides is 1. The Kier molecular flexibility index (Phi) is 4.82. The number of alkyl halides is 3. The van der Waals surface area contributed by atoms with E-state index in [2.05, 4.69) is 0 Å². The molecule has 1 N–H and O–H groups in total. The van der Waals surface area contributed by atoms with E-state index in [1.807, 2.05) is 25.5 Å². The van der Waals surface area contributed by atoms with Crippen LogP contribution in [-0.4, -0.2) is 27.5 Å². The topological polar surface area (TPSA) is 55.4 Å². The van der Waals surface area contributed by atoms with Crippen LogP contribution in [0.25, 0.3) is 0 Å². The van der Waals surface area contributed by atoms with E-state index in [-0.39, 0.29) is 16.9 Å². The summed E-state index contributed by atoms with van der Waals surface area (Å²) in [5, 5.41) is 0. The van der Waals surface area contributed by atoms with Gasteiger partial charge >= 0.3 is 6.18 Å². The molecule has 0 unspecified atom stereocenters. The quantitative estimate of drug-likeness (QED) is 0.924. The second kappa shape index (κ2) is 5.75. The van der Waals surface area contributed by atoms with Crippen LogP contribution < -0.4 is 9.46 Å². The molecule has 1 rings (SSSR count).